The van der Waals surface area contributed by atoms with Crippen molar-refractivity contribution in [2.24, 2.45) is 5.92 Å². The molecule has 0 fully saturated rings. The van der Waals surface area contributed by atoms with Crippen LogP contribution in [0.4, 0.5) is 13.2 Å². The Morgan fingerprint density at radius 1 is 1.29 bits per heavy atom. The van der Waals surface area contributed by atoms with E-state index < -0.39 is 11.7 Å². The fourth-order valence-corrected chi connectivity index (χ4v) is 1.01. The summed E-state index contributed by atoms with van der Waals surface area (Å²) in [6, 6.07) is 0. The number of halogens is 3. The third-order valence-corrected chi connectivity index (χ3v) is 1.78. The fourth-order valence-electron chi connectivity index (χ4n) is 1.01. The van der Waals surface area contributed by atoms with Crippen LogP contribution in [-0.2, 0) is 0 Å². The van der Waals surface area contributed by atoms with Gasteiger partial charge in [-0.05, 0) is 18.4 Å². The highest BCUT2D eigenvalue weighted by molar-refractivity contribution is 5.36. The Balaban J connectivity index is 4.95. The van der Waals surface area contributed by atoms with Crippen LogP contribution >= 0.6 is 0 Å². The Morgan fingerprint density at radius 2 is 1.79 bits per heavy atom. The maximum absolute atomic E-state index is 12.3. The zero-order valence-corrected chi connectivity index (χ0v) is 8.65. The van der Waals surface area contributed by atoms with Gasteiger partial charge in [0.25, 0.3) is 0 Å². The number of hydrogen-bond donors (Lipinski definition) is 0. The molecule has 0 aromatic heterocycles. The molecule has 0 aliphatic carbocycles. The maximum atomic E-state index is 12.3. The molecule has 0 aliphatic heterocycles. The minimum absolute atomic E-state index is 0.180. The normalized spacial score (nSPS) is 14.1. The predicted octanol–water partition coefficient (Wildman–Crippen LogP) is 4.26. The summed E-state index contributed by atoms with van der Waals surface area (Å²) in [6.07, 6.45) is 0.399. The van der Waals surface area contributed by atoms with Crippen LogP contribution in [0.1, 0.15) is 20.8 Å². The molecule has 0 amide bonds. The Labute approximate surface area is 82.8 Å². The smallest absolute Gasteiger partial charge is 0.166 e. The number of allylic oxidation sites excluding steroid dienone is 5. The first-order valence-electron chi connectivity index (χ1n) is 4.40. The van der Waals surface area contributed by atoms with Gasteiger partial charge in [0.15, 0.2) is 0 Å². The molecule has 0 saturated carbocycles. The summed E-state index contributed by atoms with van der Waals surface area (Å²) in [5, 5.41) is 0. The van der Waals surface area contributed by atoms with Crippen LogP contribution in [0.15, 0.2) is 36.0 Å². The molecular formula is C11H15F3. The summed E-state index contributed by atoms with van der Waals surface area (Å²) in [6.45, 7) is 8.26. The molecular weight excluding hydrogens is 189 g/mol. The second-order valence-electron chi connectivity index (χ2n) is 3.28. The van der Waals surface area contributed by atoms with Gasteiger partial charge in [-0.15, -0.1) is 0 Å². The van der Waals surface area contributed by atoms with Crippen LogP contribution in [0, 0.1) is 5.92 Å². The van der Waals surface area contributed by atoms with E-state index in [0.717, 1.165) is 0 Å². The van der Waals surface area contributed by atoms with E-state index in [-0.39, 0.29) is 11.5 Å². The second kappa shape index (κ2) is 5.03. The third-order valence-electron chi connectivity index (χ3n) is 1.78. The van der Waals surface area contributed by atoms with Crippen molar-refractivity contribution >= 4 is 0 Å². The lowest BCUT2D eigenvalue weighted by Crippen LogP contribution is -2.15. The first-order chi connectivity index (χ1) is 6.30. The molecule has 0 aromatic rings. The molecule has 0 aliphatic rings. The lowest BCUT2D eigenvalue weighted by Gasteiger charge is -2.16. The molecule has 0 unspecified atom stereocenters. The molecule has 0 atom stereocenters. The van der Waals surface area contributed by atoms with Gasteiger partial charge in [0.2, 0.25) is 0 Å². The van der Waals surface area contributed by atoms with Gasteiger partial charge in [-0.3, -0.25) is 0 Å². The van der Waals surface area contributed by atoms with E-state index in [4.69, 9.17) is 0 Å². The first kappa shape index (κ1) is 13.0. The molecule has 14 heavy (non-hydrogen) atoms. The number of hydrogen-bond acceptors (Lipinski definition) is 0. The van der Waals surface area contributed by atoms with E-state index >= 15 is 0 Å². The van der Waals surface area contributed by atoms with Crippen molar-refractivity contribution in [3.05, 3.63) is 36.0 Å². The van der Waals surface area contributed by atoms with E-state index in [1.807, 2.05) is 0 Å². The number of rotatable bonds is 3. The maximum Gasteiger partial charge on any atom is 0.416 e. The van der Waals surface area contributed by atoms with E-state index in [0.29, 0.717) is 0 Å². The van der Waals surface area contributed by atoms with Crippen LogP contribution in [0.3, 0.4) is 0 Å². The first-order valence-corrected chi connectivity index (χ1v) is 4.40. The molecule has 0 aromatic carbocycles. The van der Waals surface area contributed by atoms with E-state index in [2.05, 4.69) is 6.58 Å². The minimum atomic E-state index is -4.34. The molecule has 0 N–H and O–H groups in total. The van der Waals surface area contributed by atoms with Gasteiger partial charge in [-0.2, -0.15) is 13.2 Å². The molecule has 0 nitrogen and oxygen atoms in total. The molecule has 0 rings (SSSR count). The van der Waals surface area contributed by atoms with Crippen molar-refractivity contribution in [1.29, 1.82) is 0 Å². The van der Waals surface area contributed by atoms with Crippen LogP contribution in [0.2, 0.25) is 0 Å². The van der Waals surface area contributed by atoms with Crippen molar-refractivity contribution < 1.29 is 13.2 Å². The van der Waals surface area contributed by atoms with E-state index in [1.165, 1.54) is 6.08 Å². The third kappa shape index (κ3) is 3.81. The average molecular weight is 204 g/mol. The Hall–Kier alpha value is -0.990. The second-order valence-corrected chi connectivity index (χ2v) is 3.28. The molecule has 80 valence electrons. The average Bonchev–Trinajstić information content (AvgIpc) is 2.02. The zero-order valence-electron chi connectivity index (χ0n) is 8.65. The zero-order chi connectivity index (χ0) is 11.4. The van der Waals surface area contributed by atoms with Gasteiger partial charge in [0.05, 0.1) is 5.57 Å². The van der Waals surface area contributed by atoms with Crippen molar-refractivity contribution in [2.75, 3.05) is 0 Å². The molecule has 0 radical (unpaired) electrons. The van der Waals surface area contributed by atoms with Crippen molar-refractivity contribution in [1.82, 2.24) is 0 Å². The molecule has 0 spiro atoms. The molecule has 0 bridgehead atoms. The van der Waals surface area contributed by atoms with Gasteiger partial charge in [-0.1, -0.05) is 38.7 Å². The number of alkyl halides is 3. The van der Waals surface area contributed by atoms with Crippen molar-refractivity contribution in [2.45, 2.75) is 26.9 Å². The predicted molar refractivity (Wildman–Crippen MR) is 52.9 cm³/mol. The van der Waals surface area contributed by atoms with Crippen LogP contribution < -0.4 is 0 Å². The summed E-state index contributed by atoms with van der Waals surface area (Å²) in [5.74, 6) is -0.180. The molecule has 0 heterocycles. The monoisotopic (exact) mass is 204 g/mol. The molecule has 0 saturated heterocycles. The highest BCUT2D eigenvalue weighted by atomic mass is 19.4. The fraction of sp³-hybridized carbons (Fsp3) is 0.455. The van der Waals surface area contributed by atoms with Gasteiger partial charge < -0.3 is 0 Å². The van der Waals surface area contributed by atoms with Crippen molar-refractivity contribution in [3.8, 4) is 0 Å². The molecule has 3 heteroatoms. The largest absolute Gasteiger partial charge is 0.416 e. The quantitative estimate of drug-likeness (QED) is 0.602. The summed E-state index contributed by atoms with van der Waals surface area (Å²) < 4.78 is 37.0. The SMILES string of the molecule is C=C(/C(=C\C=C/C)C(C)C)C(F)(F)F. The highest BCUT2D eigenvalue weighted by Crippen LogP contribution is 2.33. The van der Waals surface area contributed by atoms with Gasteiger partial charge in [-0.25, -0.2) is 0 Å². The topological polar surface area (TPSA) is 0 Å². The summed E-state index contributed by atoms with van der Waals surface area (Å²) in [5.41, 5.74) is -0.527. The van der Waals surface area contributed by atoms with Crippen molar-refractivity contribution in [3.63, 3.8) is 0 Å². The van der Waals surface area contributed by atoms with E-state index in [9.17, 15) is 13.2 Å². The Morgan fingerprint density at radius 3 is 2.07 bits per heavy atom. The van der Waals surface area contributed by atoms with E-state index in [1.54, 1.807) is 32.9 Å². The minimum Gasteiger partial charge on any atom is -0.166 e. The van der Waals surface area contributed by atoms with Crippen LogP contribution in [-0.4, -0.2) is 6.18 Å². The summed E-state index contributed by atoms with van der Waals surface area (Å²) in [7, 11) is 0. The summed E-state index contributed by atoms with van der Waals surface area (Å²) >= 11 is 0. The Kier molecular flexibility index (Phi) is 4.68. The summed E-state index contributed by atoms with van der Waals surface area (Å²) in [4.78, 5) is 0. The lowest BCUT2D eigenvalue weighted by atomic mass is 9.95. The van der Waals surface area contributed by atoms with Crippen LogP contribution in [0.25, 0.3) is 0 Å². The van der Waals surface area contributed by atoms with Gasteiger partial charge in [0.1, 0.15) is 0 Å². The van der Waals surface area contributed by atoms with Gasteiger partial charge in [0, 0.05) is 0 Å². The van der Waals surface area contributed by atoms with Crippen LogP contribution in [0.5, 0.6) is 0 Å². The lowest BCUT2D eigenvalue weighted by molar-refractivity contribution is -0.0896. The van der Waals surface area contributed by atoms with Gasteiger partial charge >= 0.3 is 6.18 Å². The standard InChI is InChI=1S/C11H15F3/c1-5-6-7-10(8(2)3)9(4)11(12,13)14/h5-8H,4H2,1-3H3/b6-5-,10-7-. The Bertz CT molecular complexity index is 254. The highest BCUT2D eigenvalue weighted by Gasteiger charge is 2.34.